The lowest BCUT2D eigenvalue weighted by Crippen LogP contribution is -2.41. The monoisotopic (exact) mass is 608 g/mol. The number of benzene rings is 2. The zero-order valence-electron chi connectivity index (χ0n) is 24.3. The van der Waals surface area contributed by atoms with Crippen molar-refractivity contribution >= 4 is 17.5 Å². The van der Waals surface area contributed by atoms with Crippen LogP contribution >= 0.6 is 11.8 Å². The van der Waals surface area contributed by atoms with Crippen molar-refractivity contribution < 1.29 is 31.5 Å². The largest absolute Gasteiger partial charge is 0.493 e. The summed E-state index contributed by atoms with van der Waals surface area (Å²) in [5, 5.41) is 0. The summed E-state index contributed by atoms with van der Waals surface area (Å²) in [6.07, 6.45) is 2.57. The summed E-state index contributed by atoms with van der Waals surface area (Å²) < 4.78 is 68.9. The zero-order valence-corrected chi connectivity index (χ0v) is 25.1. The molecule has 0 amide bonds. The highest BCUT2D eigenvalue weighted by Crippen LogP contribution is 2.61. The number of hydrogen-bond donors (Lipinski definition) is 0. The molecule has 8 heteroatoms. The highest BCUT2D eigenvalue weighted by molar-refractivity contribution is 7.99. The van der Waals surface area contributed by atoms with Crippen LogP contribution < -0.4 is 4.74 Å². The van der Waals surface area contributed by atoms with Gasteiger partial charge in [0.15, 0.2) is 5.78 Å². The van der Waals surface area contributed by atoms with Crippen molar-refractivity contribution in [1.29, 1.82) is 0 Å². The molecule has 2 aromatic rings. The second-order valence-electron chi connectivity index (χ2n) is 12.7. The van der Waals surface area contributed by atoms with Gasteiger partial charge in [0, 0.05) is 24.0 Å². The number of halogens is 5. The van der Waals surface area contributed by atoms with E-state index < -0.39 is 18.5 Å². The second-order valence-corrected chi connectivity index (χ2v) is 13.9. The molecule has 0 radical (unpaired) electrons. The fraction of sp³-hybridized carbons (Fsp3) is 0.618. The smallest absolute Gasteiger partial charge is 0.453 e. The maximum absolute atomic E-state index is 13.7. The van der Waals surface area contributed by atoms with Gasteiger partial charge in [0.2, 0.25) is 0 Å². The molecule has 2 nitrogen and oxygen atoms in total. The molecule has 0 heterocycles. The van der Waals surface area contributed by atoms with Crippen LogP contribution in [0, 0.1) is 17.3 Å². The van der Waals surface area contributed by atoms with E-state index in [-0.39, 0.29) is 18.0 Å². The lowest BCUT2D eigenvalue weighted by molar-refractivity contribution is -0.284. The average molecular weight is 609 g/mol. The molecule has 0 unspecified atom stereocenters. The van der Waals surface area contributed by atoms with Crippen LogP contribution in [-0.2, 0) is 0 Å². The van der Waals surface area contributed by atoms with Crippen LogP contribution in [-0.4, -0.2) is 36.0 Å². The van der Waals surface area contributed by atoms with Crippen LogP contribution in [0.1, 0.15) is 99.4 Å². The topological polar surface area (TPSA) is 26.3 Å². The van der Waals surface area contributed by atoms with Gasteiger partial charge in [0.1, 0.15) is 5.75 Å². The number of carbonyl (C=O) groups excluding carboxylic acids is 1. The predicted octanol–water partition coefficient (Wildman–Crippen LogP) is 10.5. The fourth-order valence-electron chi connectivity index (χ4n) is 7.80. The first-order valence-electron chi connectivity index (χ1n) is 15.4. The third-order valence-electron chi connectivity index (χ3n) is 9.98. The molecule has 0 bridgehead atoms. The first-order chi connectivity index (χ1) is 20.0. The van der Waals surface area contributed by atoms with Crippen molar-refractivity contribution in [2.75, 3.05) is 18.1 Å². The number of para-hydroxylation sites is 1. The summed E-state index contributed by atoms with van der Waals surface area (Å²) in [6.45, 7) is 2.95. The van der Waals surface area contributed by atoms with Gasteiger partial charge in [-0.15, -0.1) is 0 Å². The van der Waals surface area contributed by atoms with Crippen molar-refractivity contribution in [3.63, 3.8) is 0 Å². The average Bonchev–Trinajstić information content (AvgIpc) is 3.35. The first-order valence-corrected chi connectivity index (χ1v) is 16.6. The zero-order chi connectivity index (χ0) is 30.0. The van der Waals surface area contributed by atoms with E-state index in [4.69, 9.17) is 4.74 Å². The van der Waals surface area contributed by atoms with Crippen molar-refractivity contribution in [1.82, 2.24) is 0 Å². The number of rotatable bonds is 12. The molecule has 4 atom stereocenters. The van der Waals surface area contributed by atoms with Crippen molar-refractivity contribution in [3.8, 4) is 16.9 Å². The molecule has 3 aliphatic carbocycles. The molecule has 42 heavy (non-hydrogen) atoms. The van der Waals surface area contributed by atoms with Crippen LogP contribution in [0.3, 0.4) is 0 Å². The highest BCUT2D eigenvalue weighted by atomic mass is 32.2. The Kier molecular flexibility index (Phi) is 9.60. The lowest BCUT2D eigenvalue weighted by atomic mass is 9.55. The van der Waals surface area contributed by atoms with Crippen molar-refractivity contribution in [2.45, 2.75) is 95.6 Å². The van der Waals surface area contributed by atoms with Gasteiger partial charge in [-0.25, -0.2) is 0 Å². The van der Waals surface area contributed by atoms with Crippen molar-refractivity contribution in [3.05, 3.63) is 53.6 Å². The van der Waals surface area contributed by atoms with Gasteiger partial charge in [-0.2, -0.15) is 33.7 Å². The van der Waals surface area contributed by atoms with Crippen LogP contribution in [0.15, 0.2) is 42.5 Å². The molecule has 3 aliphatic rings. The van der Waals surface area contributed by atoms with Gasteiger partial charge in [0.05, 0.1) is 6.61 Å². The quantitative estimate of drug-likeness (QED) is 0.177. The van der Waals surface area contributed by atoms with Gasteiger partial charge in [-0.1, -0.05) is 49.7 Å². The summed E-state index contributed by atoms with van der Waals surface area (Å²) >= 11 is 1.41. The molecular formula is C34H41F5O2S. The Labute approximate surface area is 250 Å². The Morgan fingerprint density at radius 3 is 2.48 bits per heavy atom. The molecule has 2 saturated carbocycles. The highest BCUT2D eigenvalue weighted by Gasteiger charge is 2.56. The minimum Gasteiger partial charge on any atom is -0.493 e. The van der Waals surface area contributed by atoms with Gasteiger partial charge in [-0.3, -0.25) is 4.79 Å². The number of ether oxygens (including phenoxy) is 1. The predicted molar refractivity (Wildman–Crippen MR) is 159 cm³/mol. The number of fused-ring (bicyclic) bond motifs is 5. The van der Waals surface area contributed by atoms with E-state index in [1.54, 1.807) is 0 Å². The molecule has 0 aliphatic heterocycles. The van der Waals surface area contributed by atoms with Gasteiger partial charge in [-0.05, 0) is 103 Å². The number of unbranched alkanes of at least 4 members (excludes halogenated alkanes) is 2. The molecule has 0 spiro atoms. The minimum absolute atomic E-state index is 0.163. The normalized spacial score (nSPS) is 25.6. The van der Waals surface area contributed by atoms with Crippen molar-refractivity contribution in [2.24, 2.45) is 17.3 Å². The van der Waals surface area contributed by atoms with E-state index in [0.717, 1.165) is 48.1 Å². The molecule has 230 valence electrons. The molecule has 5 rings (SSSR count). The Morgan fingerprint density at radius 1 is 0.905 bits per heavy atom. The fourth-order valence-corrected chi connectivity index (χ4v) is 8.76. The van der Waals surface area contributed by atoms with E-state index in [9.17, 15) is 26.7 Å². The van der Waals surface area contributed by atoms with Crippen LogP contribution in [0.5, 0.6) is 5.75 Å². The molecule has 0 N–H and O–H groups in total. The third kappa shape index (κ3) is 6.53. The first kappa shape index (κ1) is 31.3. The molecule has 2 aromatic carbocycles. The minimum atomic E-state index is -5.47. The maximum atomic E-state index is 13.7. The molecule has 0 aromatic heterocycles. The molecule has 0 saturated heterocycles. The van der Waals surface area contributed by atoms with E-state index in [0.29, 0.717) is 41.9 Å². The summed E-state index contributed by atoms with van der Waals surface area (Å²) in [4.78, 5) is 13.7. The number of carbonyl (C=O) groups is 1. The Morgan fingerprint density at radius 2 is 1.67 bits per heavy atom. The van der Waals surface area contributed by atoms with E-state index >= 15 is 0 Å². The van der Waals surface area contributed by atoms with Gasteiger partial charge in [0.25, 0.3) is 0 Å². The Balaban J connectivity index is 1.14. The number of thioether (sulfide) groups is 1. The number of alkyl halides is 5. The Bertz CT molecular complexity index is 1240. The number of hydrogen-bond acceptors (Lipinski definition) is 3. The number of Topliss-reactive ketones (excluding diaryl/α,β-unsaturated/α-hetero) is 1. The van der Waals surface area contributed by atoms with Gasteiger partial charge >= 0.3 is 12.1 Å². The summed E-state index contributed by atoms with van der Waals surface area (Å²) in [7, 11) is 0. The van der Waals surface area contributed by atoms with Crippen LogP contribution in [0.2, 0.25) is 0 Å². The summed E-state index contributed by atoms with van der Waals surface area (Å²) in [5.41, 5.74) is 4.38. The molecule has 2 fully saturated rings. The molecular weight excluding hydrogens is 567 g/mol. The second kappa shape index (κ2) is 12.9. The Hall–Kier alpha value is -2.09. The van der Waals surface area contributed by atoms with E-state index in [1.807, 2.05) is 30.3 Å². The maximum Gasteiger partial charge on any atom is 0.453 e. The van der Waals surface area contributed by atoms with E-state index in [2.05, 4.69) is 19.1 Å². The van der Waals surface area contributed by atoms with E-state index in [1.165, 1.54) is 43.0 Å². The van der Waals surface area contributed by atoms with Gasteiger partial charge < -0.3 is 4.74 Å². The van der Waals surface area contributed by atoms with Crippen LogP contribution in [0.4, 0.5) is 22.0 Å². The summed E-state index contributed by atoms with van der Waals surface area (Å²) in [5.74, 6) is -1.05. The number of ketones is 1. The van der Waals surface area contributed by atoms with Crippen LogP contribution in [0.25, 0.3) is 11.1 Å². The standard InChI is InChI=1S/C34H41F5O2S/c1-32-16-8-13-28(32)27-22-29(40)31-25(23(27)15-18-32)11-7-12-26(31)24-10-3-4-14-30(24)41-19-5-2-6-20-42-21-9-17-33(35,36)34(37,38)39/h3-4,7,10-12,14,23,27-28H,2,5-6,8-9,13,15-22H2,1H3/t23-,27-,28+,32+/m1/s1. The third-order valence-corrected chi connectivity index (χ3v) is 11.1. The summed E-state index contributed by atoms with van der Waals surface area (Å²) in [6, 6.07) is 14.2. The SMILES string of the molecule is C[C@@]12CCC[C@H]1[C@@H]1CC(=O)c3c(-c4ccccc4OCCCCCSCCCC(F)(F)C(F)(F)F)cccc3[C@H]1CC2. The lowest BCUT2D eigenvalue weighted by Gasteiger charge is -2.49.